The van der Waals surface area contributed by atoms with E-state index in [1.165, 1.54) is 11.1 Å². The van der Waals surface area contributed by atoms with Crippen molar-refractivity contribution in [1.82, 2.24) is 5.32 Å². The summed E-state index contributed by atoms with van der Waals surface area (Å²) in [5, 5.41) is 2.90. The summed E-state index contributed by atoms with van der Waals surface area (Å²) < 4.78 is 0. The number of nitrogens with one attached hydrogen (secondary N) is 1. The van der Waals surface area contributed by atoms with Crippen LogP contribution in [-0.2, 0) is 11.2 Å². The van der Waals surface area contributed by atoms with E-state index < -0.39 is 0 Å². The standard InChI is InChI=1S/C14H22N2O/c1-11-3-5-13(6-4-11)7-8-14(17)16-10-12(2)9-15/h3-6,12H,7-10,15H2,1-2H3,(H,16,17). The monoisotopic (exact) mass is 234 g/mol. The Labute approximate surface area is 103 Å². The van der Waals surface area contributed by atoms with Gasteiger partial charge in [0.2, 0.25) is 5.91 Å². The van der Waals surface area contributed by atoms with Crippen LogP contribution in [0.1, 0.15) is 24.5 Å². The third-order valence-corrected chi connectivity index (χ3v) is 2.81. The van der Waals surface area contributed by atoms with Gasteiger partial charge in [-0.3, -0.25) is 4.79 Å². The number of carbonyl (C=O) groups excluding carboxylic acids is 1. The predicted octanol–water partition coefficient (Wildman–Crippen LogP) is 1.64. The van der Waals surface area contributed by atoms with Gasteiger partial charge < -0.3 is 11.1 Å². The Morgan fingerprint density at radius 1 is 1.35 bits per heavy atom. The summed E-state index contributed by atoms with van der Waals surface area (Å²) in [4.78, 5) is 11.6. The van der Waals surface area contributed by atoms with E-state index in [-0.39, 0.29) is 5.91 Å². The Morgan fingerprint density at radius 2 is 2.00 bits per heavy atom. The zero-order valence-corrected chi connectivity index (χ0v) is 10.7. The van der Waals surface area contributed by atoms with Crippen LogP contribution in [0.5, 0.6) is 0 Å². The fourth-order valence-corrected chi connectivity index (χ4v) is 1.47. The number of hydrogen-bond donors (Lipinski definition) is 2. The van der Waals surface area contributed by atoms with Gasteiger partial charge in [-0.1, -0.05) is 36.8 Å². The average molecular weight is 234 g/mol. The van der Waals surface area contributed by atoms with Crippen molar-refractivity contribution in [2.24, 2.45) is 11.7 Å². The molecular formula is C14H22N2O. The maximum Gasteiger partial charge on any atom is 0.220 e. The number of hydrogen-bond acceptors (Lipinski definition) is 2. The smallest absolute Gasteiger partial charge is 0.220 e. The van der Waals surface area contributed by atoms with Crippen molar-refractivity contribution in [3.63, 3.8) is 0 Å². The lowest BCUT2D eigenvalue weighted by molar-refractivity contribution is -0.121. The fourth-order valence-electron chi connectivity index (χ4n) is 1.47. The van der Waals surface area contributed by atoms with Gasteiger partial charge in [-0.25, -0.2) is 0 Å². The average Bonchev–Trinajstić information content (AvgIpc) is 2.35. The molecule has 0 bridgehead atoms. The molecule has 0 spiro atoms. The van der Waals surface area contributed by atoms with E-state index in [4.69, 9.17) is 5.73 Å². The van der Waals surface area contributed by atoms with Crippen molar-refractivity contribution in [3.05, 3.63) is 35.4 Å². The third kappa shape index (κ3) is 5.50. The zero-order chi connectivity index (χ0) is 12.7. The lowest BCUT2D eigenvalue weighted by Crippen LogP contribution is -2.31. The highest BCUT2D eigenvalue weighted by Crippen LogP contribution is 2.05. The molecule has 1 aromatic rings. The summed E-state index contributed by atoms with van der Waals surface area (Å²) in [5.74, 6) is 0.448. The van der Waals surface area contributed by atoms with E-state index in [0.29, 0.717) is 25.4 Å². The molecule has 1 aromatic carbocycles. The van der Waals surface area contributed by atoms with E-state index in [9.17, 15) is 4.79 Å². The van der Waals surface area contributed by atoms with Gasteiger partial charge in [-0.15, -0.1) is 0 Å². The van der Waals surface area contributed by atoms with Gasteiger partial charge in [0.15, 0.2) is 0 Å². The van der Waals surface area contributed by atoms with Crippen LogP contribution in [0.4, 0.5) is 0 Å². The lowest BCUT2D eigenvalue weighted by atomic mass is 10.1. The Bertz CT molecular complexity index is 346. The molecule has 0 fully saturated rings. The lowest BCUT2D eigenvalue weighted by Gasteiger charge is -2.10. The Balaban J connectivity index is 2.26. The molecule has 3 heteroatoms. The van der Waals surface area contributed by atoms with E-state index in [0.717, 1.165) is 6.42 Å². The molecule has 3 nitrogen and oxygen atoms in total. The minimum absolute atomic E-state index is 0.103. The van der Waals surface area contributed by atoms with Gasteiger partial charge in [-0.2, -0.15) is 0 Å². The molecule has 0 aromatic heterocycles. The fraction of sp³-hybridized carbons (Fsp3) is 0.500. The molecule has 1 rings (SSSR count). The second kappa shape index (κ2) is 7.07. The van der Waals surface area contributed by atoms with Gasteiger partial charge >= 0.3 is 0 Å². The molecular weight excluding hydrogens is 212 g/mol. The molecule has 0 aliphatic heterocycles. The van der Waals surface area contributed by atoms with Crippen LogP contribution in [0.2, 0.25) is 0 Å². The van der Waals surface area contributed by atoms with Crippen LogP contribution in [-0.4, -0.2) is 19.0 Å². The third-order valence-electron chi connectivity index (χ3n) is 2.81. The van der Waals surface area contributed by atoms with Gasteiger partial charge in [-0.05, 0) is 31.4 Å². The number of aryl methyl sites for hydroxylation is 2. The topological polar surface area (TPSA) is 55.1 Å². The highest BCUT2D eigenvalue weighted by atomic mass is 16.1. The largest absolute Gasteiger partial charge is 0.356 e. The number of rotatable bonds is 6. The Kier molecular flexibility index (Phi) is 5.70. The van der Waals surface area contributed by atoms with Crippen LogP contribution >= 0.6 is 0 Å². The first-order chi connectivity index (χ1) is 8.11. The zero-order valence-electron chi connectivity index (χ0n) is 10.7. The van der Waals surface area contributed by atoms with Gasteiger partial charge in [0, 0.05) is 13.0 Å². The molecule has 1 amide bonds. The van der Waals surface area contributed by atoms with Crippen molar-refractivity contribution in [2.45, 2.75) is 26.7 Å². The highest BCUT2D eigenvalue weighted by molar-refractivity contribution is 5.76. The van der Waals surface area contributed by atoms with Crippen LogP contribution in [0.15, 0.2) is 24.3 Å². The molecule has 3 N–H and O–H groups in total. The molecule has 0 aliphatic carbocycles. The van der Waals surface area contributed by atoms with E-state index in [2.05, 4.69) is 36.5 Å². The van der Waals surface area contributed by atoms with Gasteiger partial charge in [0.25, 0.3) is 0 Å². The first kappa shape index (κ1) is 13.7. The van der Waals surface area contributed by atoms with Crippen molar-refractivity contribution in [3.8, 4) is 0 Å². The molecule has 17 heavy (non-hydrogen) atoms. The molecule has 0 saturated carbocycles. The first-order valence-corrected chi connectivity index (χ1v) is 6.14. The maximum atomic E-state index is 11.6. The highest BCUT2D eigenvalue weighted by Gasteiger charge is 2.04. The summed E-state index contributed by atoms with van der Waals surface area (Å²) in [6.45, 7) is 5.37. The Morgan fingerprint density at radius 3 is 2.59 bits per heavy atom. The minimum atomic E-state index is 0.103. The normalized spacial score (nSPS) is 12.2. The Hall–Kier alpha value is -1.35. The quantitative estimate of drug-likeness (QED) is 0.786. The SMILES string of the molecule is Cc1ccc(CCC(=O)NCC(C)CN)cc1. The molecule has 1 unspecified atom stereocenters. The van der Waals surface area contributed by atoms with Gasteiger partial charge in [0.05, 0.1) is 0 Å². The second-order valence-electron chi connectivity index (χ2n) is 4.63. The van der Waals surface area contributed by atoms with E-state index in [1.54, 1.807) is 0 Å². The minimum Gasteiger partial charge on any atom is -0.356 e. The maximum absolute atomic E-state index is 11.6. The summed E-state index contributed by atoms with van der Waals surface area (Å²) in [6, 6.07) is 8.30. The van der Waals surface area contributed by atoms with Crippen molar-refractivity contribution in [1.29, 1.82) is 0 Å². The number of carbonyl (C=O) groups is 1. The van der Waals surface area contributed by atoms with Crippen molar-refractivity contribution < 1.29 is 4.79 Å². The van der Waals surface area contributed by atoms with E-state index in [1.807, 2.05) is 6.92 Å². The van der Waals surface area contributed by atoms with Crippen molar-refractivity contribution in [2.75, 3.05) is 13.1 Å². The van der Waals surface area contributed by atoms with E-state index >= 15 is 0 Å². The first-order valence-electron chi connectivity index (χ1n) is 6.14. The molecule has 0 heterocycles. The molecule has 0 radical (unpaired) electrons. The molecule has 0 aliphatic rings. The predicted molar refractivity (Wildman–Crippen MR) is 70.7 cm³/mol. The molecule has 0 saturated heterocycles. The summed E-state index contributed by atoms with van der Waals surface area (Å²) in [7, 11) is 0. The van der Waals surface area contributed by atoms with Crippen LogP contribution in [0, 0.1) is 12.8 Å². The van der Waals surface area contributed by atoms with Crippen LogP contribution in [0.25, 0.3) is 0 Å². The van der Waals surface area contributed by atoms with Crippen LogP contribution in [0.3, 0.4) is 0 Å². The molecule has 94 valence electrons. The summed E-state index contributed by atoms with van der Waals surface area (Å²) in [5.41, 5.74) is 7.94. The second-order valence-corrected chi connectivity index (χ2v) is 4.63. The number of nitrogens with two attached hydrogens (primary N) is 1. The van der Waals surface area contributed by atoms with Crippen LogP contribution < -0.4 is 11.1 Å². The number of amides is 1. The van der Waals surface area contributed by atoms with Gasteiger partial charge in [0.1, 0.15) is 0 Å². The molecule has 1 atom stereocenters. The number of benzene rings is 1. The summed E-state index contributed by atoms with van der Waals surface area (Å²) in [6.07, 6.45) is 1.34. The summed E-state index contributed by atoms with van der Waals surface area (Å²) >= 11 is 0. The van der Waals surface area contributed by atoms with Crippen molar-refractivity contribution >= 4 is 5.91 Å².